The molecule has 0 saturated heterocycles. The Labute approximate surface area is 79.8 Å². The van der Waals surface area contributed by atoms with E-state index >= 15 is 0 Å². The Morgan fingerprint density at radius 1 is 1.33 bits per heavy atom. The number of aryl methyl sites for hydroxylation is 2. The van der Waals surface area contributed by atoms with E-state index in [1.54, 1.807) is 0 Å². The van der Waals surface area contributed by atoms with Gasteiger partial charge in [0.15, 0.2) is 0 Å². The van der Waals surface area contributed by atoms with E-state index < -0.39 is 0 Å². The van der Waals surface area contributed by atoms with Gasteiger partial charge in [-0.15, -0.1) is 0 Å². The van der Waals surface area contributed by atoms with Gasteiger partial charge in [0.2, 0.25) is 0 Å². The van der Waals surface area contributed by atoms with Crippen LogP contribution in [0, 0.1) is 6.92 Å². The van der Waals surface area contributed by atoms with Crippen molar-refractivity contribution in [2.24, 2.45) is 0 Å². The molecule has 0 bridgehead atoms. The highest BCUT2D eigenvalue weighted by molar-refractivity contribution is 6.29. The summed E-state index contributed by atoms with van der Waals surface area (Å²) in [5.41, 5.74) is 2.24. The van der Waals surface area contributed by atoms with Gasteiger partial charge in [-0.1, -0.05) is 32.4 Å². The molecule has 0 unspecified atom stereocenters. The van der Waals surface area contributed by atoms with Gasteiger partial charge in [-0.05, 0) is 31.0 Å². The molecule has 12 heavy (non-hydrogen) atoms. The molecule has 1 aromatic rings. The highest BCUT2D eigenvalue weighted by atomic mass is 35.5. The third-order valence-electron chi connectivity index (χ3n) is 1.39. The molecule has 0 aliphatic rings. The van der Waals surface area contributed by atoms with Crippen molar-refractivity contribution < 1.29 is 0 Å². The molecule has 0 spiro atoms. The highest BCUT2D eigenvalue weighted by Gasteiger charge is 1.94. The predicted molar refractivity (Wildman–Crippen MR) is 54.7 cm³/mol. The number of pyridine rings is 1. The van der Waals surface area contributed by atoms with Gasteiger partial charge in [0, 0.05) is 5.69 Å². The normalized spacial score (nSPS) is 8.75. The van der Waals surface area contributed by atoms with Crippen molar-refractivity contribution in [1.82, 2.24) is 4.98 Å². The minimum absolute atomic E-state index is 0.594. The van der Waals surface area contributed by atoms with Crippen LogP contribution in [-0.2, 0) is 6.42 Å². The van der Waals surface area contributed by atoms with Gasteiger partial charge in [-0.2, -0.15) is 0 Å². The molecule has 0 aromatic carbocycles. The summed E-state index contributed by atoms with van der Waals surface area (Å²) in [6.45, 7) is 8.05. The Morgan fingerprint density at radius 2 is 1.92 bits per heavy atom. The fraction of sp³-hybridized carbons (Fsp3) is 0.500. The van der Waals surface area contributed by atoms with Crippen LogP contribution < -0.4 is 0 Å². The lowest BCUT2D eigenvalue weighted by Gasteiger charge is -1.97. The van der Waals surface area contributed by atoms with Crippen molar-refractivity contribution in [3.8, 4) is 0 Å². The second-order valence-corrected chi connectivity index (χ2v) is 2.68. The fourth-order valence-electron chi connectivity index (χ4n) is 0.900. The van der Waals surface area contributed by atoms with Crippen molar-refractivity contribution >= 4 is 11.6 Å². The van der Waals surface area contributed by atoms with Crippen LogP contribution in [0.1, 0.15) is 32.0 Å². The van der Waals surface area contributed by atoms with E-state index in [1.165, 1.54) is 5.56 Å². The summed E-state index contributed by atoms with van der Waals surface area (Å²) >= 11 is 5.72. The van der Waals surface area contributed by atoms with E-state index in [9.17, 15) is 0 Å². The molecule has 68 valence electrons. The number of nitrogens with zero attached hydrogens (tertiary/aromatic N) is 1. The quantitative estimate of drug-likeness (QED) is 0.609. The summed E-state index contributed by atoms with van der Waals surface area (Å²) in [4.78, 5) is 4.05. The summed E-state index contributed by atoms with van der Waals surface area (Å²) in [6.07, 6.45) is 1.02. The number of hydrogen-bond donors (Lipinski definition) is 0. The average Bonchev–Trinajstić information content (AvgIpc) is 2.06. The van der Waals surface area contributed by atoms with Gasteiger partial charge in [0.1, 0.15) is 5.15 Å². The molecule has 1 aromatic heterocycles. The number of aromatic nitrogens is 1. The molecule has 0 fully saturated rings. The molecule has 0 saturated carbocycles. The van der Waals surface area contributed by atoms with Crippen LogP contribution >= 0.6 is 11.6 Å². The van der Waals surface area contributed by atoms with Crippen molar-refractivity contribution in [3.63, 3.8) is 0 Å². The first-order valence-electron chi connectivity index (χ1n) is 4.35. The smallest absolute Gasteiger partial charge is 0.129 e. The maximum absolute atomic E-state index is 5.72. The Kier molecular flexibility index (Phi) is 5.73. The van der Waals surface area contributed by atoms with E-state index in [-0.39, 0.29) is 0 Å². The Balaban J connectivity index is 0.000000561. The maximum atomic E-state index is 5.72. The lowest BCUT2D eigenvalue weighted by molar-refractivity contribution is 1.09. The second kappa shape index (κ2) is 6.01. The van der Waals surface area contributed by atoms with E-state index in [2.05, 4.69) is 11.9 Å². The van der Waals surface area contributed by atoms with Crippen LogP contribution in [0.15, 0.2) is 12.1 Å². The van der Waals surface area contributed by atoms with Gasteiger partial charge in [-0.25, -0.2) is 4.98 Å². The van der Waals surface area contributed by atoms with Crippen LogP contribution in [0.3, 0.4) is 0 Å². The highest BCUT2D eigenvalue weighted by Crippen LogP contribution is 2.10. The summed E-state index contributed by atoms with van der Waals surface area (Å²) in [5, 5.41) is 0.594. The average molecular weight is 186 g/mol. The first kappa shape index (κ1) is 11.4. The van der Waals surface area contributed by atoms with Gasteiger partial charge in [0.05, 0.1) is 0 Å². The van der Waals surface area contributed by atoms with Crippen LogP contribution in [0.5, 0.6) is 0 Å². The van der Waals surface area contributed by atoms with E-state index in [0.717, 1.165) is 12.1 Å². The van der Waals surface area contributed by atoms with Crippen LogP contribution in [0.2, 0.25) is 5.15 Å². The van der Waals surface area contributed by atoms with E-state index in [0.29, 0.717) is 5.15 Å². The summed E-state index contributed by atoms with van der Waals surface area (Å²) in [5.74, 6) is 0. The zero-order valence-corrected chi connectivity index (χ0v) is 8.94. The third-order valence-corrected chi connectivity index (χ3v) is 1.58. The molecule has 0 N–H and O–H groups in total. The largest absolute Gasteiger partial charge is 0.241 e. The zero-order chi connectivity index (χ0) is 9.56. The molecular weight excluding hydrogens is 170 g/mol. The minimum atomic E-state index is 0.594. The Hall–Kier alpha value is -0.560. The van der Waals surface area contributed by atoms with Crippen LogP contribution in [0.25, 0.3) is 0 Å². The third kappa shape index (κ3) is 3.72. The molecular formula is C10H16ClN. The van der Waals surface area contributed by atoms with Crippen molar-refractivity contribution in [1.29, 1.82) is 0 Å². The Morgan fingerprint density at radius 3 is 2.33 bits per heavy atom. The molecule has 0 amide bonds. The standard InChI is InChI=1S/C8H10ClN.C2H6/c1-3-7-4-6(2)10-8(9)5-7;1-2/h4-5H,3H2,1-2H3;1-2H3. The zero-order valence-electron chi connectivity index (χ0n) is 8.19. The van der Waals surface area contributed by atoms with Crippen LogP contribution in [0.4, 0.5) is 0 Å². The van der Waals surface area contributed by atoms with Crippen LogP contribution in [-0.4, -0.2) is 4.98 Å². The van der Waals surface area contributed by atoms with Gasteiger partial charge < -0.3 is 0 Å². The Bertz CT molecular complexity index is 213. The molecule has 0 atom stereocenters. The number of halogens is 1. The van der Waals surface area contributed by atoms with E-state index in [1.807, 2.05) is 32.9 Å². The monoisotopic (exact) mass is 185 g/mol. The molecule has 0 radical (unpaired) electrons. The number of hydrogen-bond acceptors (Lipinski definition) is 1. The van der Waals surface area contributed by atoms with Crippen molar-refractivity contribution in [2.45, 2.75) is 34.1 Å². The molecule has 2 heteroatoms. The summed E-state index contributed by atoms with van der Waals surface area (Å²) < 4.78 is 0. The molecule has 1 nitrogen and oxygen atoms in total. The minimum Gasteiger partial charge on any atom is -0.241 e. The lowest BCUT2D eigenvalue weighted by atomic mass is 10.2. The first-order valence-corrected chi connectivity index (χ1v) is 4.73. The fourth-order valence-corrected chi connectivity index (χ4v) is 1.17. The molecule has 1 heterocycles. The van der Waals surface area contributed by atoms with Gasteiger partial charge in [0.25, 0.3) is 0 Å². The van der Waals surface area contributed by atoms with Crippen molar-refractivity contribution in [3.05, 3.63) is 28.5 Å². The summed E-state index contributed by atoms with van der Waals surface area (Å²) in [7, 11) is 0. The topological polar surface area (TPSA) is 12.9 Å². The molecule has 1 rings (SSSR count). The van der Waals surface area contributed by atoms with Crippen molar-refractivity contribution in [2.75, 3.05) is 0 Å². The molecule has 0 aliphatic carbocycles. The summed E-state index contributed by atoms with van der Waals surface area (Å²) in [6, 6.07) is 3.94. The maximum Gasteiger partial charge on any atom is 0.129 e. The number of rotatable bonds is 1. The first-order chi connectivity index (χ1) is 5.72. The van der Waals surface area contributed by atoms with Gasteiger partial charge in [-0.3, -0.25) is 0 Å². The SMILES string of the molecule is CC.CCc1cc(C)nc(Cl)c1. The lowest BCUT2D eigenvalue weighted by Crippen LogP contribution is -1.86. The van der Waals surface area contributed by atoms with E-state index in [4.69, 9.17) is 11.6 Å². The second-order valence-electron chi connectivity index (χ2n) is 2.29. The predicted octanol–water partition coefficient (Wildman–Crippen LogP) is 3.63. The van der Waals surface area contributed by atoms with Gasteiger partial charge >= 0.3 is 0 Å². The molecule has 0 aliphatic heterocycles.